The molecule has 3 heterocycles. The number of hydrogen-bond acceptors (Lipinski definition) is 5. The van der Waals surface area contributed by atoms with Crippen LogP contribution in [0.4, 0.5) is 5.82 Å². The molecule has 1 aliphatic heterocycles. The fourth-order valence-corrected chi connectivity index (χ4v) is 3.71. The molecule has 0 saturated carbocycles. The van der Waals surface area contributed by atoms with Crippen molar-refractivity contribution in [3.63, 3.8) is 0 Å². The monoisotopic (exact) mass is 431 g/mol. The molecule has 0 unspecified atom stereocenters. The molecule has 2 aromatic heterocycles. The second-order valence-electron chi connectivity index (χ2n) is 6.86. The van der Waals surface area contributed by atoms with E-state index in [1.807, 2.05) is 30.3 Å². The molecule has 152 valence electrons. The maximum atomic E-state index is 6.24. The molecule has 3 N–H and O–H groups in total. The van der Waals surface area contributed by atoms with E-state index in [-0.39, 0.29) is 24.8 Å². The summed E-state index contributed by atoms with van der Waals surface area (Å²) in [4.78, 5) is 9.33. The molecule has 4 aromatic rings. The molecule has 0 amide bonds. The summed E-state index contributed by atoms with van der Waals surface area (Å²) in [5.74, 6) is 2.28. The average molecular weight is 432 g/mol. The number of aryl methyl sites for hydroxylation is 1. The number of ether oxygens (including phenoxy) is 1. The fourth-order valence-electron chi connectivity index (χ4n) is 3.71. The van der Waals surface area contributed by atoms with Crippen LogP contribution < -0.4 is 15.8 Å². The number of nitrogen functional groups attached to an aromatic ring is 1. The lowest BCUT2D eigenvalue weighted by Crippen LogP contribution is -2.12. The number of pyridine rings is 1. The van der Waals surface area contributed by atoms with E-state index in [0.29, 0.717) is 12.4 Å². The van der Waals surface area contributed by atoms with Crippen molar-refractivity contribution < 1.29 is 4.74 Å². The number of hydrogen-bond donors (Lipinski definition) is 2. The largest absolute Gasteiger partial charge is 0.489 e. The Morgan fingerprint density at radius 3 is 2.72 bits per heavy atom. The van der Waals surface area contributed by atoms with E-state index in [1.54, 1.807) is 0 Å². The lowest BCUT2D eigenvalue weighted by atomic mass is 10.1. The molecule has 0 atom stereocenters. The summed E-state index contributed by atoms with van der Waals surface area (Å²) >= 11 is 0. The van der Waals surface area contributed by atoms with E-state index in [4.69, 9.17) is 15.5 Å². The number of fused-ring (bicyclic) bond motifs is 5. The van der Waals surface area contributed by atoms with Crippen molar-refractivity contribution in [2.75, 3.05) is 12.3 Å². The predicted molar refractivity (Wildman–Crippen MR) is 121 cm³/mol. The molecule has 29 heavy (non-hydrogen) atoms. The molecule has 0 bridgehead atoms. The summed E-state index contributed by atoms with van der Waals surface area (Å²) in [7, 11) is 0. The van der Waals surface area contributed by atoms with Crippen molar-refractivity contribution >= 4 is 52.6 Å². The van der Waals surface area contributed by atoms with Crippen molar-refractivity contribution in [2.24, 2.45) is 0 Å². The van der Waals surface area contributed by atoms with Crippen LogP contribution in [0.3, 0.4) is 0 Å². The number of halogens is 2. The standard InChI is InChI=1S/C21H21N5O.2ClH/c22-21-19-20(26-10-4-9-23-12-18(26)25-19)16-8-7-15(11-17(16)24-21)27-13-14-5-2-1-3-6-14;;/h1-3,5-8,11,23H,4,9-10,12-13H2,(H2,22,24);2*1H. The van der Waals surface area contributed by atoms with Gasteiger partial charge in [0.25, 0.3) is 0 Å². The Morgan fingerprint density at radius 2 is 1.90 bits per heavy atom. The second kappa shape index (κ2) is 8.86. The van der Waals surface area contributed by atoms with Gasteiger partial charge in [0.15, 0.2) is 5.82 Å². The van der Waals surface area contributed by atoms with E-state index >= 15 is 0 Å². The van der Waals surface area contributed by atoms with Crippen molar-refractivity contribution in [1.82, 2.24) is 19.9 Å². The third kappa shape index (κ3) is 3.96. The lowest BCUT2D eigenvalue weighted by Gasteiger charge is -2.10. The second-order valence-corrected chi connectivity index (χ2v) is 6.86. The molecule has 2 aromatic carbocycles. The normalized spacial score (nSPS) is 13.2. The Labute approximate surface area is 181 Å². The minimum Gasteiger partial charge on any atom is -0.489 e. The van der Waals surface area contributed by atoms with Gasteiger partial charge in [0.05, 0.1) is 17.6 Å². The minimum absolute atomic E-state index is 0. The van der Waals surface area contributed by atoms with Gasteiger partial charge in [0.1, 0.15) is 23.7 Å². The summed E-state index contributed by atoms with van der Waals surface area (Å²) in [5, 5.41) is 4.47. The van der Waals surface area contributed by atoms with Gasteiger partial charge in [-0.3, -0.25) is 0 Å². The Hall–Kier alpha value is -2.54. The van der Waals surface area contributed by atoms with Crippen LogP contribution in [0.5, 0.6) is 5.75 Å². The third-order valence-corrected chi connectivity index (χ3v) is 5.02. The van der Waals surface area contributed by atoms with Crippen LogP contribution >= 0.6 is 24.8 Å². The Balaban J connectivity index is 0.00000120. The predicted octanol–water partition coefficient (Wildman–Crippen LogP) is 4.08. The lowest BCUT2D eigenvalue weighted by molar-refractivity contribution is 0.306. The van der Waals surface area contributed by atoms with Gasteiger partial charge in [0.2, 0.25) is 0 Å². The highest BCUT2D eigenvalue weighted by Gasteiger charge is 2.18. The van der Waals surface area contributed by atoms with E-state index < -0.39 is 0 Å². The molecule has 1 aliphatic rings. The number of nitrogens with two attached hydrogens (primary N) is 1. The van der Waals surface area contributed by atoms with Crippen molar-refractivity contribution in [2.45, 2.75) is 26.1 Å². The summed E-state index contributed by atoms with van der Waals surface area (Å²) in [5.41, 5.74) is 10.1. The van der Waals surface area contributed by atoms with E-state index in [1.165, 1.54) is 0 Å². The van der Waals surface area contributed by atoms with Crippen LogP contribution in [0.25, 0.3) is 21.9 Å². The number of imidazole rings is 1. The molecule has 0 spiro atoms. The fraction of sp³-hybridized carbons (Fsp3) is 0.238. The van der Waals surface area contributed by atoms with Crippen LogP contribution in [-0.4, -0.2) is 21.1 Å². The molecular weight excluding hydrogens is 409 g/mol. The van der Waals surface area contributed by atoms with Crippen molar-refractivity contribution in [3.05, 3.63) is 59.9 Å². The van der Waals surface area contributed by atoms with Crippen LogP contribution in [0.1, 0.15) is 17.8 Å². The van der Waals surface area contributed by atoms with Gasteiger partial charge in [-0.1, -0.05) is 30.3 Å². The molecule has 8 heteroatoms. The van der Waals surface area contributed by atoms with Crippen LogP contribution in [-0.2, 0) is 19.7 Å². The van der Waals surface area contributed by atoms with Gasteiger partial charge in [-0.15, -0.1) is 24.8 Å². The number of nitrogens with zero attached hydrogens (tertiary/aromatic N) is 3. The number of nitrogens with one attached hydrogen (secondary N) is 1. The maximum Gasteiger partial charge on any atom is 0.152 e. The van der Waals surface area contributed by atoms with Crippen molar-refractivity contribution in [1.29, 1.82) is 0 Å². The molecule has 0 saturated heterocycles. The first-order valence-corrected chi connectivity index (χ1v) is 9.25. The maximum absolute atomic E-state index is 6.24. The van der Waals surface area contributed by atoms with Crippen molar-refractivity contribution in [3.8, 4) is 5.75 Å². The smallest absolute Gasteiger partial charge is 0.152 e. The molecule has 6 nitrogen and oxygen atoms in total. The summed E-state index contributed by atoms with van der Waals surface area (Å²) in [6.45, 7) is 3.22. The highest BCUT2D eigenvalue weighted by Crippen LogP contribution is 2.31. The Kier molecular flexibility index (Phi) is 6.47. The zero-order valence-corrected chi connectivity index (χ0v) is 17.4. The first-order valence-electron chi connectivity index (χ1n) is 9.25. The minimum atomic E-state index is 0. The molecular formula is C21H23Cl2N5O. The zero-order chi connectivity index (χ0) is 18.2. The molecule has 0 aliphatic carbocycles. The van der Waals surface area contributed by atoms with E-state index in [2.05, 4.69) is 33.1 Å². The number of benzene rings is 2. The Morgan fingerprint density at radius 1 is 1.07 bits per heavy atom. The van der Waals surface area contributed by atoms with Crippen LogP contribution in [0.15, 0.2) is 48.5 Å². The number of aromatic nitrogens is 3. The first-order chi connectivity index (χ1) is 13.3. The van der Waals surface area contributed by atoms with Gasteiger partial charge < -0.3 is 20.4 Å². The third-order valence-electron chi connectivity index (χ3n) is 5.02. The number of rotatable bonds is 3. The molecule has 0 radical (unpaired) electrons. The van der Waals surface area contributed by atoms with E-state index in [9.17, 15) is 0 Å². The summed E-state index contributed by atoms with van der Waals surface area (Å²) in [6.07, 6.45) is 1.07. The quantitative estimate of drug-likeness (QED) is 0.510. The van der Waals surface area contributed by atoms with Crippen LogP contribution in [0, 0.1) is 0 Å². The summed E-state index contributed by atoms with van der Waals surface area (Å²) < 4.78 is 8.23. The van der Waals surface area contributed by atoms with Crippen LogP contribution in [0.2, 0.25) is 0 Å². The Bertz CT molecular complexity index is 1130. The van der Waals surface area contributed by atoms with Gasteiger partial charge in [0, 0.05) is 18.0 Å². The average Bonchev–Trinajstić information content (AvgIpc) is 2.91. The van der Waals surface area contributed by atoms with Gasteiger partial charge in [-0.05, 0) is 30.7 Å². The SMILES string of the molecule is Cl.Cl.Nc1nc2cc(OCc3ccccc3)ccc2c2c1nc1n2CCCNC1. The highest BCUT2D eigenvalue weighted by molar-refractivity contribution is 6.06. The van der Waals surface area contributed by atoms with Gasteiger partial charge in [-0.2, -0.15) is 0 Å². The summed E-state index contributed by atoms with van der Waals surface area (Å²) in [6, 6.07) is 16.2. The first kappa shape index (κ1) is 21.2. The van der Waals surface area contributed by atoms with E-state index in [0.717, 1.165) is 65.1 Å². The molecule has 5 rings (SSSR count). The topological polar surface area (TPSA) is 78.0 Å². The van der Waals surface area contributed by atoms with Gasteiger partial charge in [-0.25, -0.2) is 9.97 Å². The molecule has 0 fully saturated rings. The zero-order valence-electron chi connectivity index (χ0n) is 15.8. The highest BCUT2D eigenvalue weighted by atomic mass is 35.5. The number of anilines is 1. The van der Waals surface area contributed by atoms with Gasteiger partial charge >= 0.3 is 0 Å².